The minimum atomic E-state index is -0.237. The van der Waals surface area contributed by atoms with E-state index in [4.69, 9.17) is 4.52 Å². The largest absolute Gasteiger partial charge is 0.361 e. The van der Waals surface area contributed by atoms with Crippen molar-refractivity contribution >= 4 is 33.1 Å². The lowest BCUT2D eigenvalue weighted by Gasteiger charge is -2.08. The number of hydrogen-bond donors (Lipinski definition) is 1. The SMILES string of the molecule is Cc1ccc(NC(=O)c2sc3ncn(Cc4c(C)noc4C)c(=O)c3c2C)c(C)c1. The van der Waals surface area contributed by atoms with Crippen molar-refractivity contribution in [3.8, 4) is 0 Å². The average molecular weight is 423 g/mol. The van der Waals surface area contributed by atoms with Crippen molar-refractivity contribution in [1.29, 1.82) is 0 Å². The third-order valence-electron chi connectivity index (χ3n) is 5.26. The van der Waals surface area contributed by atoms with Gasteiger partial charge in [-0.05, 0) is 51.8 Å². The molecule has 30 heavy (non-hydrogen) atoms. The molecule has 1 N–H and O–H groups in total. The first-order chi connectivity index (χ1) is 14.3. The van der Waals surface area contributed by atoms with Crippen molar-refractivity contribution in [2.45, 2.75) is 41.2 Å². The minimum Gasteiger partial charge on any atom is -0.361 e. The van der Waals surface area contributed by atoms with Gasteiger partial charge in [0.25, 0.3) is 11.5 Å². The van der Waals surface area contributed by atoms with Crippen LogP contribution in [0.3, 0.4) is 0 Å². The van der Waals surface area contributed by atoms with Gasteiger partial charge in [-0.3, -0.25) is 14.2 Å². The summed E-state index contributed by atoms with van der Waals surface area (Å²) < 4.78 is 6.72. The maximum absolute atomic E-state index is 13.1. The van der Waals surface area contributed by atoms with Crippen molar-refractivity contribution in [2.75, 3.05) is 5.32 Å². The zero-order chi connectivity index (χ0) is 21.6. The number of carbonyl (C=O) groups is 1. The standard InChI is InChI=1S/C22H22N4O3S/c1-11-6-7-17(12(2)8-11)24-20(27)19-13(3)18-21(30-19)23-10-26(22(18)28)9-16-14(4)25-29-15(16)5/h6-8,10H,9H2,1-5H3,(H,24,27). The summed E-state index contributed by atoms with van der Waals surface area (Å²) in [4.78, 5) is 31.5. The van der Waals surface area contributed by atoms with E-state index >= 15 is 0 Å². The molecule has 0 saturated carbocycles. The summed E-state index contributed by atoms with van der Waals surface area (Å²) >= 11 is 1.23. The van der Waals surface area contributed by atoms with E-state index in [-0.39, 0.29) is 11.5 Å². The molecule has 3 aromatic heterocycles. The van der Waals surface area contributed by atoms with Crippen LogP contribution in [0.25, 0.3) is 10.2 Å². The van der Waals surface area contributed by atoms with Crippen LogP contribution in [0.5, 0.6) is 0 Å². The first kappa shape index (κ1) is 20.0. The molecule has 0 unspecified atom stereocenters. The second kappa shape index (κ2) is 7.53. The monoisotopic (exact) mass is 422 g/mol. The summed E-state index contributed by atoms with van der Waals surface area (Å²) in [5.74, 6) is 0.439. The lowest BCUT2D eigenvalue weighted by molar-refractivity contribution is 0.103. The van der Waals surface area contributed by atoms with E-state index in [0.29, 0.717) is 33.0 Å². The topological polar surface area (TPSA) is 90.0 Å². The van der Waals surface area contributed by atoms with Crippen LogP contribution in [-0.2, 0) is 6.54 Å². The van der Waals surface area contributed by atoms with Crippen molar-refractivity contribution in [2.24, 2.45) is 0 Å². The van der Waals surface area contributed by atoms with Gasteiger partial charge >= 0.3 is 0 Å². The molecule has 1 aromatic carbocycles. The summed E-state index contributed by atoms with van der Waals surface area (Å²) in [5.41, 5.74) is 4.94. The van der Waals surface area contributed by atoms with Crippen molar-refractivity contribution < 1.29 is 9.32 Å². The Hall–Kier alpha value is -3.26. The normalized spacial score (nSPS) is 11.2. The molecule has 154 valence electrons. The second-order valence-corrected chi connectivity index (χ2v) is 8.49. The molecule has 0 atom stereocenters. The Morgan fingerprint density at radius 1 is 1.20 bits per heavy atom. The van der Waals surface area contributed by atoms with E-state index in [2.05, 4.69) is 15.5 Å². The molecule has 3 heterocycles. The van der Waals surface area contributed by atoms with E-state index in [9.17, 15) is 9.59 Å². The van der Waals surface area contributed by atoms with Crippen molar-refractivity contribution in [1.82, 2.24) is 14.7 Å². The highest BCUT2D eigenvalue weighted by Crippen LogP contribution is 2.28. The number of nitrogens with zero attached hydrogens (tertiary/aromatic N) is 3. The van der Waals surface area contributed by atoms with Crippen molar-refractivity contribution in [3.05, 3.63) is 73.5 Å². The quantitative estimate of drug-likeness (QED) is 0.530. The summed E-state index contributed by atoms with van der Waals surface area (Å²) in [7, 11) is 0. The minimum absolute atomic E-state index is 0.181. The van der Waals surface area contributed by atoms with Crippen LogP contribution in [0.15, 0.2) is 33.8 Å². The van der Waals surface area contributed by atoms with Gasteiger partial charge in [0.1, 0.15) is 10.6 Å². The van der Waals surface area contributed by atoms with E-state index in [0.717, 1.165) is 28.1 Å². The smallest absolute Gasteiger partial charge is 0.266 e. The molecule has 0 bridgehead atoms. The van der Waals surface area contributed by atoms with Gasteiger partial charge in [0.15, 0.2) is 0 Å². The summed E-state index contributed by atoms with van der Waals surface area (Å²) in [6.07, 6.45) is 1.51. The van der Waals surface area contributed by atoms with E-state index in [1.165, 1.54) is 22.2 Å². The Kier molecular flexibility index (Phi) is 5.03. The molecule has 4 rings (SSSR count). The van der Waals surface area contributed by atoms with E-state index in [1.807, 2.05) is 45.9 Å². The number of fused-ring (bicyclic) bond motifs is 1. The third kappa shape index (κ3) is 3.43. The predicted molar refractivity (Wildman–Crippen MR) is 118 cm³/mol. The first-order valence-corrected chi connectivity index (χ1v) is 10.4. The Balaban J connectivity index is 1.71. The lowest BCUT2D eigenvalue weighted by atomic mass is 10.1. The zero-order valence-electron chi connectivity index (χ0n) is 17.5. The number of anilines is 1. The maximum Gasteiger partial charge on any atom is 0.266 e. The van der Waals surface area contributed by atoms with E-state index in [1.54, 1.807) is 6.92 Å². The van der Waals surface area contributed by atoms with Gasteiger partial charge in [0.05, 0.1) is 28.8 Å². The lowest BCUT2D eigenvalue weighted by Crippen LogP contribution is -2.21. The fourth-order valence-electron chi connectivity index (χ4n) is 3.52. The predicted octanol–water partition coefficient (Wildman–Crippen LogP) is 4.29. The van der Waals surface area contributed by atoms with Crippen LogP contribution >= 0.6 is 11.3 Å². The molecule has 0 saturated heterocycles. The molecule has 0 radical (unpaired) electrons. The highest BCUT2D eigenvalue weighted by molar-refractivity contribution is 7.20. The van der Waals surface area contributed by atoms with Gasteiger partial charge in [-0.2, -0.15) is 0 Å². The number of aromatic nitrogens is 3. The maximum atomic E-state index is 13.1. The van der Waals surface area contributed by atoms with Gasteiger partial charge in [0, 0.05) is 11.3 Å². The van der Waals surface area contributed by atoms with Gasteiger partial charge in [0.2, 0.25) is 0 Å². The average Bonchev–Trinajstić information content (AvgIpc) is 3.20. The summed E-state index contributed by atoms with van der Waals surface area (Å²) in [6.45, 7) is 9.73. The summed E-state index contributed by atoms with van der Waals surface area (Å²) in [5, 5.41) is 7.37. The molecule has 0 aliphatic carbocycles. The van der Waals surface area contributed by atoms with Gasteiger partial charge in [-0.15, -0.1) is 11.3 Å². The van der Waals surface area contributed by atoms with Gasteiger partial charge < -0.3 is 9.84 Å². The molecule has 0 aliphatic heterocycles. The fourth-order valence-corrected chi connectivity index (χ4v) is 4.55. The van der Waals surface area contributed by atoms with Crippen LogP contribution < -0.4 is 10.9 Å². The zero-order valence-corrected chi connectivity index (χ0v) is 18.3. The number of nitrogens with one attached hydrogen (secondary N) is 1. The summed E-state index contributed by atoms with van der Waals surface area (Å²) in [6, 6.07) is 5.86. The highest BCUT2D eigenvalue weighted by Gasteiger charge is 2.21. The van der Waals surface area contributed by atoms with Crippen LogP contribution in [0.4, 0.5) is 5.69 Å². The molecule has 0 spiro atoms. The second-order valence-electron chi connectivity index (χ2n) is 7.49. The van der Waals surface area contributed by atoms with Crippen LogP contribution in [0.2, 0.25) is 0 Å². The number of benzene rings is 1. The molecule has 1 amide bonds. The number of aryl methyl sites for hydroxylation is 5. The molecular weight excluding hydrogens is 400 g/mol. The number of thiophene rings is 1. The number of amides is 1. The Morgan fingerprint density at radius 3 is 2.63 bits per heavy atom. The van der Waals surface area contributed by atoms with Crippen LogP contribution in [-0.4, -0.2) is 20.6 Å². The van der Waals surface area contributed by atoms with Crippen LogP contribution in [0.1, 0.15) is 43.4 Å². The molecule has 4 aromatic rings. The Morgan fingerprint density at radius 2 is 1.97 bits per heavy atom. The first-order valence-electron chi connectivity index (χ1n) is 9.55. The third-order valence-corrected chi connectivity index (χ3v) is 6.46. The molecule has 8 heteroatoms. The Labute approximate surface area is 177 Å². The highest BCUT2D eigenvalue weighted by atomic mass is 32.1. The molecular formula is C22H22N4O3S. The van der Waals surface area contributed by atoms with Crippen molar-refractivity contribution in [3.63, 3.8) is 0 Å². The number of carbonyl (C=O) groups excluding carboxylic acids is 1. The van der Waals surface area contributed by atoms with Gasteiger partial charge in [-0.25, -0.2) is 4.98 Å². The van der Waals surface area contributed by atoms with Gasteiger partial charge in [-0.1, -0.05) is 22.9 Å². The fraction of sp³-hybridized carbons (Fsp3) is 0.273. The van der Waals surface area contributed by atoms with E-state index < -0.39 is 0 Å². The molecule has 7 nitrogen and oxygen atoms in total. The van der Waals surface area contributed by atoms with Crippen LogP contribution in [0, 0.1) is 34.6 Å². The number of hydrogen-bond acceptors (Lipinski definition) is 6. The molecule has 0 fully saturated rings. The number of rotatable bonds is 4. The Bertz CT molecular complexity index is 1330. The molecule has 0 aliphatic rings.